The molecule has 0 aliphatic heterocycles. The van der Waals surface area contributed by atoms with Crippen molar-refractivity contribution in [1.29, 1.82) is 0 Å². The Labute approximate surface area is 190 Å². The van der Waals surface area contributed by atoms with E-state index in [9.17, 15) is 4.79 Å². The van der Waals surface area contributed by atoms with Crippen molar-refractivity contribution in [2.45, 2.75) is 13.8 Å². The molecule has 0 fully saturated rings. The van der Waals surface area contributed by atoms with E-state index in [0.29, 0.717) is 17.2 Å². The number of anilines is 2. The minimum absolute atomic E-state index is 0.303. The molecular formula is C25H21N7O. The number of pyridine rings is 1. The van der Waals surface area contributed by atoms with Crippen LogP contribution in [0.15, 0.2) is 79.1 Å². The Morgan fingerprint density at radius 1 is 0.848 bits per heavy atom. The average molecular weight is 435 g/mol. The summed E-state index contributed by atoms with van der Waals surface area (Å²) in [6, 6.07) is 20.7. The van der Waals surface area contributed by atoms with Gasteiger partial charge in [-0.25, -0.2) is 4.79 Å². The quantitative estimate of drug-likeness (QED) is 0.409. The molecule has 5 aromatic rings. The lowest BCUT2D eigenvalue weighted by molar-refractivity contribution is 0.262. The lowest BCUT2D eigenvalue weighted by Gasteiger charge is -2.11. The zero-order valence-electron chi connectivity index (χ0n) is 18.1. The van der Waals surface area contributed by atoms with E-state index in [1.165, 1.54) is 0 Å². The highest BCUT2D eigenvalue weighted by atomic mass is 16.2. The molecular weight excluding hydrogens is 414 g/mol. The lowest BCUT2D eigenvalue weighted by Crippen LogP contribution is -2.20. The van der Waals surface area contributed by atoms with Gasteiger partial charge in [0.15, 0.2) is 11.5 Å². The number of rotatable bonds is 4. The fourth-order valence-corrected chi connectivity index (χ4v) is 3.54. The first-order valence-corrected chi connectivity index (χ1v) is 10.5. The smallest absolute Gasteiger partial charge is 0.308 e. The molecule has 2 aromatic carbocycles. The monoisotopic (exact) mass is 435 g/mol. The molecule has 5 rings (SSSR count). The zero-order valence-corrected chi connectivity index (χ0v) is 18.1. The van der Waals surface area contributed by atoms with Crippen molar-refractivity contribution in [3.63, 3.8) is 0 Å². The van der Waals surface area contributed by atoms with Crippen LogP contribution in [0.25, 0.3) is 28.3 Å². The Morgan fingerprint density at radius 2 is 1.70 bits per heavy atom. The Kier molecular flexibility index (Phi) is 5.24. The van der Waals surface area contributed by atoms with Gasteiger partial charge >= 0.3 is 6.03 Å². The number of aromatic nitrogens is 5. The molecule has 8 nitrogen and oxygen atoms in total. The van der Waals surface area contributed by atoms with Crippen molar-refractivity contribution in [3.05, 3.63) is 90.3 Å². The second kappa shape index (κ2) is 8.51. The summed E-state index contributed by atoms with van der Waals surface area (Å²) in [6.45, 7) is 3.95. The largest absolute Gasteiger partial charge is 0.323 e. The summed E-state index contributed by atoms with van der Waals surface area (Å²) in [6.07, 6.45) is 3.41. The standard InChI is InChI=1S/C25H21N7O/c1-16-6-7-17(2)22(14-16)28-25(33)27-20-5-3-4-19(15-20)21-8-9-23-29-30-24(32(23)31-21)18-10-12-26-13-11-18/h3-15H,1-2H3,(H2,27,28,33). The molecule has 0 bridgehead atoms. The van der Waals surface area contributed by atoms with Crippen LogP contribution in [0.2, 0.25) is 0 Å². The predicted octanol–water partition coefficient (Wildman–Crippen LogP) is 5.11. The van der Waals surface area contributed by atoms with Crippen LogP contribution in [0, 0.1) is 13.8 Å². The number of benzene rings is 2. The molecule has 0 saturated heterocycles. The van der Waals surface area contributed by atoms with E-state index < -0.39 is 0 Å². The third-order valence-corrected chi connectivity index (χ3v) is 5.26. The first kappa shape index (κ1) is 20.3. The molecule has 0 aliphatic carbocycles. The number of urea groups is 1. The van der Waals surface area contributed by atoms with Gasteiger partial charge in [-0.2, -0.15) is 9.61 Å². The van der Waals surface area contributed by atoms with Crippen LogP contribution in [0.5, 0.6) is 0 Å². The number of hydrogen-bond acceptors (Lipinski definition) is 5. The van der Waals surface area contributed by atoms with Crippen LogP contribution >= 0.6 is 0 Å². The normalized spacial score (nSPS) is 10.8. The van der Waals surface area contributed by atoms with Crippen LogP contribution < -0.4 is 10.6 Å². The van der Waals surface area contributed by atoms with Gasteiger partial charge in [-0.15, -0.1) is 10.2 Å². The third kappa shape index (κ3) is 4.27. The number of hydrogen-bond donors (Lipinski definition) is 2. The van der Waals surface area contributed by atoms with Gasteiger partial charge in [-0.3, -0.25) is 4.98 Å². The Balaban J connectivity index is 1.41. The van der Waals surface area contributed by atoms with Gasteiger partial charge in [-0.1, -0.05) is 24.3 Å². The number of aryl methyl sites for hydroxylation is 2. The topological polar surface area (TPSA) is 97.1 Å². The molecule has 2 amide bonds. The molecule has 8 heteroatoms. The number of carbonyl (C=O) groups is 1. The lowest BCUT2D eigenvalue weighted by atomic mass is 10.1. The van der Waals surface area contributed by atoms with Gasteiger partial charge in [0, 0.05) is 34.9 Å². The molecule has 0 aliphatic rings. The molecule has 3 aromatic heterocycles. The van der Waals surface area contributed by atoms with Crippen LogP contribution in [-0.4, -0.2) is 30.8 Å². The van der Waals surface area contributed by atoms with E-state index in [1.54, 1.807) is 16.9 Å². The van der Waals surface area contributed by atoms with Crippen molar-refractivity contribution in [1.82, 2.24) is 24.8 Å². The fraction of sp³-hybridized carbons (Fsp3) is 0.0800. The molecule has 0 unspecified atom stereocenters. The molecule has 3 heterocycles. The van der Waals surface area contributed by atoms with Gasteiger partial charge in [0.05, 0.1) is 5.69 Å². The second-order valence-electron chi connectivity index (χ2n) is 7.73. The summed E-state index contributed by atoms with van der Waals surface area (Å²) in [5.74, 6) is 0.636. The SMILES string of the molecule is Cc1ccc(C)c(NC(=O)Nc2cccc(-c3ccc4nnc(-c5ccncc5)n4n3)c2)c1. The second-order valence-corrected chi connectivity index (χ2v) is 7.73. The van der Waals surface area contributed by atoms with Gasteiger partial charge in [0.1, 0.15) is 0 Å². The third-order valence-electron chi connectivity index (χ3n) is 5.26. The number of fused-ring (bicyclic) bond motifs is 1. The minimum atomic E-state index is -0.303. The number of carbonyl (C=O) groups excluding carboxylic acids is 1. The van der Waals surface area contributed by atoms with Crippen LogP contribution in [-0.2, 0) is 0 Å². The highest BCUT2D eigenvalue weighted by molar-refractivity contribution is 6.00. The fourth-order valence-electron chi connectivity index (χ4n) is 3.54. The highest BCUT2D eigenvalue weighted by Crippen LogP contribution is 2.24. The summed E-state index contributed by atoms with van der Waals surface area (Å²) in [5.41, 5.74) is 6.64. The maximum atomic E-state index is 12.6. The van der Waals surface area contributed by atoms with Crippen LogP contribution in [0.3, 0.4) is 0 Å². The molecule has 0 spiro atoms. The van der Waals surface area contributed by atoms with E-state index in [4.69, 9.17) is 5.10 Å². The van der Waals surface area contributed by atoms with Crippen molar-refractivity contribution >= 4 is 23.1 Å². The average Bonchev–Trinajstić information content (AvgIpc) is 3.25. The van der Waals surface area contributed by atoms with Gasteiger partial charge in [0.2, 0.25) is 0 Å². The molecule has 0 saturated carbocycles. The molecule has 2 N–H and O–H groups in total. The number of amides is 2. The van der Waals surface area contributed by atoms with Gasteiger partial charge < -0.3 is 10.6 Å². The Bertz CT molecular complexity index is 1460. The van der Waals surface area contributed by atoms with Crippen molar-refractivity contribution in [2.24, 2.45) is 0 Å². The Morgan fingerprint density at radius 3 is 2.55 bits per heavy atom. The first-order chi connectivity index (χ1) is 16.1. The van der Waals surface area contributed by atoms with Crippen molar-refractivity contribution in [2.75, 3.05) is 10.6 Å². The van der Waals surface area contributed by atoms with E-state index in [0.717, 1.165) is 33.6 Å². The van der Waals surface area contributed by atoms with E-state index in [2.05, 4.69) is 25.8 Å². The van der Waals surface area contributed by atoms with Gasteiger partial charge in [-0.05, 0) is 67.4 Å². The number of nitrogens with one attached hydrogen (secondary N) is 2. The molecule has 0 atom stereocenters. The maximum absolute atomic E-state index is 12.6. The summed E-state index contributed by atoms with van der Waals surface area (Å²) in [4.78, 5) is 16.6. The molecule has 33 heavy (non-hydrogen) atoms. The van der Waals surface area contributed by atoms with Crippen molar-refractivity contribution in [3.8, 4) is 22.6 Å². The molecule has 162 valence electrons. The van der Waals surface area contributed by atoms with Crippen molar-refractivity contribution < 1.29 is 4.79 Å². The summed E-state index contributed by atoms with van der Waals surface area (Å²) in [7, 11) is 0. The summed E-state index contributed by atoms with van der Waals surface area (Å²) >= 11 is 0. The van der Waals surface area contributed by atoms with Gasteiger partial charge in [0.25, 0.3) is 0 Å². The molecule has 0 radical (unpaired) electrons. The van der Waals surface area contributed by atoms with E-state index >= 15 is 0 Å². The van der Waals surface area contributed by atoms with E-state index in [1.807, 2.05) is 80.6 Å². The summed E-state index contributed by atoms with van der Waals surface area (Å²) < 4.78 is 1.71. The Hall–Kier alpha value is -4.59. The highest BCUT2D eigenvalue weighted by Gasteiger charge is 2.12. The first-order valence-electron chi connectivity index (χ1n) is 10.5. The zero-order chi connectivity index (χ0) is 22.8. The number of nitrogens with zero attached hydrogens (tertiary/aromatic N) is 5. The predicted molar refractivity (Wildman–Crippen MR) is 128 cm³/mol. The maximum Gasteiger partial charge on any atom is 0.323 e. The van der Waals surface area contributed by atoms with E-state index in [-0.39, 0.29) is 6.03 Å². The summed E-state index contributed by atoms with van der Waals surface area (Å²) in [5, 5.41) is 19.0. The minimum Gasteiger partial charge on any atom is -0.308 e. The van der Waals surface area contributed by atoms with Crippen LogP contribution in [0.1, 0.15) is 11.1 Å². The van der Waals surface area contributed by atoms with Crippen LogP contribution in [0.4, 0.5) is 16.2 Å².